The Hall–Kier alpha value is -2.36. The van der Waals surface area contributed by atoms with Gasteiger partial charge in [0.15, 0.2) is 11.2 Å². The van der Waals surface area contributed by atoms with Crippen molar-refractivity contribution in [1.82, 2.24) is 33.9 Å². The van der Waals surface area contributed by atoms with Crippen LogP contribution in [0.5, 0.6) is 0 Å². The van der Waals surface area contributed by atoms with Crippen LogP contribution in [0.4, 0.5) is 0 Å². The zero-order chi connectivity index (χ0) is 19.0. The van der Waals surface area contributed by atoms with Crippen molar-refractivity contribution in [3.05, 3.63) is 33.0 Å². The smallest absolute Gasteiger partial charge is 0.328 e. The molecular weight excluding hydrogens is 366 g/mol. The molecule has 0 spiro atoms. The zero-order valence-electron chi connectivity index (χ0n) is 15.5. The molecule has 0 saturated heterocycles. The van der Waals surface area contributed by atoms with E-state index in [4.69, 9.17) is 0 Å². The fourth-order valence-electron chi connectivity index (χ4n) is 3.68. The van der Waals surface area contributed by atoms with Gasteiger partial charge in [-0.1, -0.05) is 24.6 Å². The van der Waals surface area contributed by atoms with Gasteiger partial charge in [0, 0.05) is 32.3 Å². The molecule has 27 heavy (non-hydrogen) atoms. The quantitative estimate of drug-likeness (QED) is 0.505. The van der Waals surface area contributed by atoms with Gasteiger partial charge in [-0.25, -0.2) is 14.8 Å². The average molecular weight is 389 g/mol. The van der Waals surface area contributed by atoms with Crippen LogP contribution in [0.25, 0.3) is 11.2 Å². The van der Waals surface area contributed by atoms with Crippen LogP contribution in [-0.2, 0) is 20.6 Å². The van der Waals surface area contributed by atoms with Crippen LogP contribution in [0.15, 0.2) is 21.1 Å². The van der Waals surface area contributed by atoms with Crippen molar-refractivity contribution in [2.45, 2.75) is 49.7 Å². The Labute approximate surface area is 159 Å². The minimum atomic E-state index is -0.336. The molecule has 1 aliphatic carbocycles. The van der Waals surface area contributed by atoms with Crippen molar-refractivity contribution in [3.63, 3.8) is 0 Å². The Morgan fingerprint density at radius 1 is 1.26 bits per heavy atom. The zero-order valence-corrected chi connectivity index (χ0v) is 16.3. The third-order valence-electron chi connectivity index (χ3n) is 5.18. The van der Waals surface area contributed by atoms with E-state index < -0.39 is 0 Å². The molecule has 1 saturated carbocycles. The van der Waals surface area contributed by atoms with E-state index in [9.17, 15) is 9.59 Å². The van der Waals surface area contributed by atoms with Crippen molar-refractivity contribution in [3.8, 4) is 0 Å². The number of aryl methyl sites for hydroxylation is 2. The molecule has 0 unspecified atom stereocenters. The van der Waals surface area contributed by atoms with Crippen LogP contribution in [0.1, 0.15) is 43.8 Å². The van der Waals surface area contributed by atoms with Crippen molar-refractivity contribution >= 4 is 22.9 Å². The molecule has 0 aromatic carbocycles. The van der Waals surface area contributed by atoms with E-state index in [1.54, 1.807) is 36.8 Å². The third kappa shape index (κ3) is 3.33. The van der Waals surface area contributed by atoms with Crippen LogP contribution in [0.2, 0.25) is 0 Å². The summed E-state index contributed by atoms with van der Waals surface area (Å²) in [6.07, 6.45) is 7.12. The normalized spacial score (nSPS) is 15.2. The topological polar surface area (TPSA) is 103 Å². The van der Waals surface area contributed by atoms with E-state index >= 15 is 0 Å². The number of hydrogen-bond acceptors (Lipinski definition) is 6. The molecule has 3 aromatic rings. The highest BCUT2D eigenvalue weighted by molar-refractivity contribution is 7.99. The maximum absolute atomic E-state index is 12.7. The number of aromatic amines is 1. The van der Waals surface area contributed by atoms with Gasteiger partial charge < -0.3 is 4.57 Å². The second-order valence-electron chi connectivity index (χ2n) is 7.01. The first kappa shape index (κ1) is 18.0. The molecule has 144 valence electrons. The van der Waals surface area contributed by atoms with Crippen molar-refractivity contribution in [1.29, 1.82) is 0 Å². The van der Waals surface area contributed by atoms with E-state index in [1.807, 2.05) is 0 Å². The van der Waals surface area contributed by atoms with Crippen LogP contribution in [0.3, 0.4) is 0 Å². The number of thioether (sulfide) groups is 1. The molecule has 10 heteroatoms. The number of nitrogens with one attached hydrogen (secondary N) is 1. The monoisotopic (exact) mass is 389 g/mol. The average Bonchev–Trinajstić information content (AvgIpc) is 3.39. The molecule has 3 heterocycles. The summed E-state index contributed by atoms with van der Waals surface area (Å²) in [6.45, 7) is 0.361. The lowest BCUT2D eigenvalue weighted by molar-refractivity contribution is 0.594. The van der Waals surface area contributed by atoms with Crippen molar-refractivity contribution < 1.29 is 0 Å². The van der Waals surface area contributed by atoms with E-state index in [1.165, 1.54) is 34.8 Å². The Morgan fingerprint density at radius 2 is 2.04 bits per heavy atom. The maximum Gasteiger partial charge on any atom is 0.332 e. The van der Waals surface area contributed by atoms with Gasteiger partial charge in [-0.2, -0.15) is 0 Å². The van der Waals surface area contributed by atoms with Gasteiger partial charge in [0.2, 0.25) is 5.16 Å². The number of rotatable bonds is 6. The van der Waals surface area contributed by atoms with Crippen LogP contribution < -0.4 is 11.2 Å². The Balaban J connectivity index is 1.42. The van der Waals surface area contributed by atoms with E-state index in [2.05, 4.69) is 20.2 Å². The first-order chi connectivity index (χ1) is 13.1. The molecule has 0 aliphatic heterocycles. The summed E-state index contributed by atoms with van der Waals surface area (Å²) >= 11 is 1.55. The van der Waals surface area contributed by atoms with Gasteiger partial charge in [-0.3, -0.25) is 19.0 Å². The summed E-state index contributed by atoms with van der Waals surface area (Å²) in [7, 11) is 3.40. The molecular formula is C17H23N7O2S. The highest BCUT2D eigenvalue weighted by Gasteiger charge is 2.20. The summed E-state index contributed by atoms with van der Waals surface area (Å²) < 4.78 is 4.36. The molecule has 0 radical (unpaired) electrons. The van der Waals surface area contributed by atoms with Crippen LogP contribution >= 0.6 is 11.8 Å². The maximum atomic E-state index is 12.7. The fourth-order valence-corrected chi connectivity index (χ4v) is 4.41. The molecule has 9 nitrogen and oxygen atoms in total. The van der Waals surface area contributed by atoms with Gasteiger partial charge in [-0.15, -0.1) is 5.10 Å². The van der Waals surface area contributed by atoms with Crippen molar-refractivity contribution in [2.75, 3.05) is 5.75 Å². The fraction of sp³-hybridized carbons (Fsp3) is 0.588. The molecule has 4 rings (SSSR count). The third-order valence-corrected chi connectivity index (χ3v) is 6.12. The summed E-state index contributed by atoms with van der Waals surface area (Å²) in [5.74, 6) is 2.24. The number of nitrogens with zero attached hydrogens (tertiary/aromatic N) is 6. The van der Waals surface area contributed by atoms with Gasteiger partial charge in [-0.05, 0) is 19.3 Å². The summed E-state index contributed by atoms with van der Waals surface area (Å²) in [4.78, 5) is 33.8. The van der Waals surface area contributed by atoms with E-state index in [0.29, 0.717) is 30.0 Å². The lowest BCUT2D eigenvalue weighted by atomic mass is 10.1. The van der Waals surface area contributed by atoms with Gasteiger partial charge in [0.05, 0.1) is 6.33 Å². The molecule has 0 amide bonds. The van der Waals surface area contributed by atoms with Crippen LogP contribution in [-0.4, -0.2) is 39.6 Å². The van der Waals surface area contributed by atoms with Crippen LogP contribution in [0, 0.1) is 0 Å². The first-order valence-electron chi connectivity index (χ1n) is 9.22. The SMILES string of the molecule is Cn1cnc2c1c(=O)n(CCCSc1n[nH]c(C3CCCC3)n1)c(=O)n2C. The number of H-pyrrole nitrogens is 1. The van der Waals surface area contributed by atoms with Gasteiger partial charge in [0.1, 0.15) is 5.82 Å². The lowest BCUT2D eigenvalue weighted by Gasteiger charge is -2.08. The second kappa shape index (κ2) is 7.34. The summed E-state index contributed by atoms with van der Waals surface area (Å²) in [6, 6.07) is 0. The highest BCUT2D eigenvalue weighted by atomic mass is 32.2. The van der Waals surface area contributed by atoms with Gasteiger partial charge in [0.25, 0.3) is 5.56 Å². The Morgan fingerprint density at radius 3 is 2.81 bits per heavy atom. The predicted molar refractivity (Wildman–Crippen MR) is 103 cm³/mol. The Kier molecular flexibility index (Phi) is 4.90. The number of fused-ring (bicyclic) bond motifs is 1. The molecule has 0 atom stereocenters. The largest absolute Gasteiger partial charge is 0.332 e. The van der Waals surface area contributed by atoms with Gasteiger partial charge >= 0.3 is 5.69 Å². The first-order valence-corrected chi connectivity index (χ1v) is 10.2. The summed E-state index contributed by atoms with van der Waals surface area (Å²) in [5, 5.41) is 8.07. The highest BCUT2D eigenvalue weighted by Crippen LogP contribution is 2.32. The molecule has 1 aliphatic rings. The predicted octanol–water partition coefficient (Wildman–Crippen LogP) is 1.39. The molecule has 1 fully saturated rings. The van der Waals surface area contributed by atoms with Crippen molar-refractivity contribution in [2.24, 2.45) is 14.1 Å². The minimum Gasteiger partial charge on any atom is -0.328 e. The number of aromatic nitrogens is 7. The Bertz CT molecular complexity index is 1070. The second-order valence-corrected chi connectivity index (χ2v) is 8.07. The molecule has 3 aromatic heterocycles. The lowest BCUT2D eigenvalue weighted by Crippen LogP contribution is -2.39. The summed E-state index contributed by atoms with van der Waals surface area (Å²) in [5.41, 5.74) is 0.232. The van der Waals surface area contributed by atoms with E-state index in [0.717, 1.165) is 16.7 Å². The minimum absolute atomic E-state index is 0.292. The van der Waals surface area contributed by atoms with E-state index in [-0.39, 0.29) is 11.2 Å². The molecule has 0 bridgehead atoms. The molecule has 1 N–H and O–H groups in total. The standard InChI is InChI=1S/C17H23N7O2S/c1-22-10-18-14-12(22)15(25)24(17(26)23(14)2)8-5-9-27-16-19-13(20-21-16)11-6-3-4-7-11/h10-11H,3-9H2,1-2H3,(H,19,20,21). The number of imidazole rings is 1. The number of hydrogen-bond donors (Lipinski definition) is 1.